The first-order valence-corrected chi connectivity index (χ1v) is 8.17. The maximum absolute atomic E-state index is 12.5. The van der Waals surface area contributed by atoms with Gasteiger partial charge in [0, 0.05) is 5.92 Å². The molecule has 0 aromatic carbocycles. The van der Waals surface area contributed by atoms with Gasteiger partial charge in [-0.3, -0.25) is 14.4 Å². The van der Waals surface area contributed by atoms with Crippen molar-refractivity contribution in [1.82, 2.24) is 0 Å². The standard InChI is InChI=1S/C17H22O10/c1-24-13(19)8-6-5-7-9(14(20)25-2)12(18)11(16(22)27-4)17(8,23)10(7)15(21)26-3/h7-8,10-11,18,23H,5-6H2,1-4H3/t7-,8+,10-,11+,17+/m1/s1. The lowest BCUT2D eigenvalue weighted by molar-refractivity contribution is -0.204. The maximum Gasteiger partial charge on any atom is 0.337 e. The molecule has 2 bridgehead atoms. The lowest BCUT2D eigenvalue weighted by Crippen LogP contribution is -2.66. The van der Waals surface area contributed by atoms with Crippen LogP contribution in [-0.2, 0) is 38.1 Å². The maximum atomic E-state index is 12.5. The number of esters is 4. The van der Waals surface area contributed by atoms with Crippen molar-refractivity contribution < 1.29 is 48.3 Å². The second-order valence-electron chi connectivity index (χ2n) is 6.39. The molecule has 2 aliphatic rings. The van der Waals surface area contributed by atoms with Crippen LogP contribution in [0.3, 0.4) is 0 Å². The molecule has 0 unspecified atom stereocenters. The molecule has 0 spiro atoms. The number of aliphatic hydroxyl groups excluding tert-OH is 1. The molecule has 5 atom stereocenters. The molecule has 0 heterocycles. The van der Waals surface area contributed by atoms with Crippen molar-refractivity contribution in [3.05, 3.63) is 11.3 Å². The largest absolute Gasteiger partial charge is 0.511 e. The van der Waals surface area contributed by atoms with Crippen molar-refractivity contribution in [1.29, 1.82) is 0 Å². The summed E-state index contributed by atoms with van der Waals surface area (Å²) in [4.78, 5) is 49.5. The van der Waals surface area contributed by atoms with Gasteiger partial charge in [-0.25, -0.2) is 4.79 Å². The van der Waals surface area contributed by atoms with Gasteiger partial charge in [-0.15, -0.1) is 0 Å². The molecule has 2 N–H and O–H groups in total. The quantitative estimate of drug-likeness (QED) is 0.478. The Balaban J connectivity index is 2.82. The fraction of sp³-hybridized carbons (Fsp3) is 0.647. The molecule has 2 rings (SSSR count). The predicted molar refractivity (Wildman–Crippen MR) is 85.9 cm³/mol. The Morgan fingerprint density at radius 2 is 1.44 bits per heavy atom. The third kappa shape index (κ3) is 2.93. The van der Waals surface area contributed by atoms with Gasteiger partial charge in [-0.05, 0) is 12.8 Å². The molecule has 0 aromatic heterocycles. The van der Waals surface area contributed by atoms with Gasteiger partial charge < -0.3 is 29.2 Å². The van der Waals surface area contributed by atoms with E-state index in [2.05, 4.69) is 9.47 Å². The smallest absolute Gasteiger partial charge is 0.337 e. The minimum absolute atomic E-state index is 0.00258. The van der Waals surface area contributed by atoms with Crippen LogP contribution in [0.5, 0.6) is 0 Å². The van der Waals surface area contributed by atoms with Crippen molar-refractivity contribution in [2.24, 2.45) is 23.7 Å². The summed E-state index contributed by atoms with van der Waals surface area (Å²) in [5.41, 5.74) is -2.73. The molecule has 150 valence electrons. The summed E-state index contributed by atoms with van der Waals surface area (Å²) < 4.78 is 18.8. The predicted octanol–water partition coefficient (Wildman–Crippen LogP) is -0.506. The number of carbonyl (C=O) groups is 4. The summed E-state index contributed by atoms with van der Waals surface area (Å²) in [6.45, 7) is 0. The molecule has 0 radical (unpaired) electrons. The number of fused-ring (bicyclic) bond motifs is 2. The molecule has 0 amide bonds. The zero-order valence-corrected chi connectivity index (χ0v) is 15.4. The van der Waals surface area contributed by atoms with Gasteiger partial charge in [0.2, 0.25) is 0 Å². The number of hydrogen-bond donors (Lipinski definition) is 2. The van der Waals surface area contributed by atoms with E-state index in [1.54, 1.807) is 0 Å². The van der Waals surface area contributed by atoms with Crippen LogP contribution >= 0.6 is 0 Å². The average Bonchev–Trinajstić information content (AvgIpc) is 2.65. The lowest BCUT2D eigenvalue weighted by Gasteiger charge is -2.52. The van der Waals surface area contributed by atoms with E-state index in [-0.39, 0.29) is 18.4 Å². The van der Waals surface area contributed by atoms with E-state index in [4.69, 9.17) is 9.47 Å². The zero-order chi connectivity index (χ0) is 20.5. The Labute approximate surface area is 155 Å². The number of hydrogen-bond acceptors (Lipinski definition) is 10. The van der Waals surface area contributed by atoms with Gasteiger partial charge in [0.1, 0.15) is 17.3 Å². The Kier molecular flexibility index (Phi) is 5.79. The molecule has 0 saturated heterocycles. The summed E-state index contributed by atoms with van der Waals surface area (Å²) >= 11 is 0. The molecule has 1 fully saturated rings. The van der Waals surface area contributed by atoms with Crippen LogP contribution in [0.15, 0.2) is 11.3 Å². The van der Waals surface area contributed by atoms with Gasteiger partial charge >= 0.3 is 23.9 Å². The fourth-order valence-corrected chi connectivity index (χ4v) is 4.25. The number of methoxy groups -OCH3 is 4. The van der Waals surface area contributed by atoms with E-state index in [9.17, 15) is 29.4 Å². The number of ether oxygens (including phenoxy) is 4. The van der Waals surface area contributed by atoms with Crippen molar-refractivity contribution in [2.75, 3.05) is 28.4 Å². The van der Waals surface area contributed by atoms with Crippen molar-refractivity contribution in [2.45, 2.75) is 18.4 Å². The van der Waals surface area contributed by atoms with Gasteiger partial charge in [0.25, 0.3) is 0 Å². The van der Waals surface area contributed by atoms with Crippen LogP contribution in [0.4, 0.5) is 0 Å². The molecular formula is C17H22O10. The van der Waals surface area contributed by atoms with Crippen molar-refractivity contribution >= 4 is 23.9 Å². The highest BCUT2D eigenvalue weighted by Crippen LogP contribution is 2.55. The van der Waals surface area contributed by atoms with Gasteiger partial charge in [0.05, 0.1) is 45.8 Å². The normalized spacial score (nSPS) is 32.3. The van der Waals surface area contributed by atoms with E-state index in [0.717, 1.165) is 28.4 Å². The summed E-state index contributed by atoms with van der Waals surface area (Å²) in [5.74, 6) is -10.4. The lowest BCUT2D eigenvalue weighted by atomic mass is 9.53. The summed E-state index contributed by atoms with van der Waals surface area (Å²) in [7, 11) is 4.24. The topological polar surface area (TPSA) is 146 Å². The van der Waals surface area contributed by atoms with E-state index in [1.807, 2.05) is 0 Å². The third-order valence-corrected chi connectivity index (χ3v) is 5.39. The second-order valence-corrected chi connectivity index (χ2v) is 6.39. The second kappa shape index (κ2) is 7.55. The van der Waals surface area contributed by atoms with Gasteiger partial charge in [-0.2, -0.15) is 0 Å². The first-order valence-electron chi connectivity index (χ1n) is 8.17. The van der Waals surface area contributed by atoms with Crippen LogP contribution in [-0.4, -0.2) is 68.1 Å². The van der Waals surface area contributed by atoms with E-state index >= 15 is 0 Å². The SMILES string of the molecule is COC(=O)C1=C(O)[C@@H](C(=O)OC)[C@]2(O)[C@H](C(=O)OC)CC[C@H]1[C@@H]2C(=O)OC. The number of aliphatic hydroxyl groups is 2. The molecule has 0 aliphatic heterocycles. The molecule has 1 saturated carbocycles. The third-order valence-electron chi connectivity index (χ3n) is 5.39. The minimum Gasteiger partial charge on any atom is -0.511 e. The molecule has 10 heteroatoms. The van der Waals surface area contributed by atoms with Crippen LogP contribution in [0.2, 0.25) is 0 Å². The number of rotatable bonds is 4. The van der Waals surface area contributed by atoms with Crippen LogP contribution in [0, 0.1) is 23.7 Å². The highest BCUT2D eigenvalue weighted by molar-refractivity contribution is 5.95. The molecular weight excluding hydrogens is 364 g/mol. The summed E-state index contributed by atoms with van der Waals surface area (Å²) in [5, 5.41) is 22.1. The molecule has 2 aliphatic carbocycles. The van der Waals surface area contributed by atoms with Crippen molar-refractivity contribution in [3.63, 3.8) is 0 Å². The Bertz CT molecular complexity index is 696. The zero-order valence-electron chi connectivity index (χ0n) is 15.4. The number of carbonyl (C=O) groups excluding carboxylic acids is 4. The monoisotopic (exact) mass is 386 g/mol. The van der Waals surface area contributed by atoms with E-state index in [0.29, 0.717) is 0 Å². The van der Waals surface area contributed by atoms with E-state index < -0.39 is 58.9 Å². The molecule has 0 aromatic rings. The first kappa shape index (κ1) is 20.7. The first-order chi connectivity index (χ1) is 12.7. The van der Waals surface area contributed by atoms with Gasteiger partial charge in [-0.1, -0.05) is 0 Å². The Hall–Kier alpha value is -2.62. The van der Waals surface area contributed by atoms with Crippen LogP contribution in [0.25, 0.3) is 0 Å². The molecule has 10 nitrogen and oxygen atoms in total. The summed E-state index contributed by atoms with van der Waals surface area (Å²) in [6.07, 6.45) is 0.0762. The molecule has 27 heavy (non-hydrogen) atoms. The average molecular weight is 386 g/mol. The highest BCUT2D eigenvalue weighted by Gasteiger charge is 2.68. The minimum atomic E-state index is -2.40. The Morgan fingerprint density at radius 1 is 0.889 bits per heavy atom. The highest BCUT2D eigenvalue weighted by atomic mass is 16.5. The summed E-state index contributed by atoms with van der Waals surface area (Å²) in [6, 6.07) is 0. The van der Waals surface area contributed by atoms with Crippen LogP contribution in [0.1, 0.15) is 12.8 Å². The van der Waals surface area contributed by atoms with Crippen LogP contribution < -0.4 is 0 Å². The van der Waals surface area contributed by atoms with Crippen molar-refractivity contribution in [3.8, 4) is 0 Å². The van der Waals surface area contributed by atoms with E-state index in [1.165, 1.54) is 0 Å². The fourth-order valence-electron chi connectivity index (χ4n) is 4.25. The Morgan fingerprint density at radius 3 is 1.93 bits per heavy atom. The van der Waals surface area contributed by atoms with Gasteiger partial charge in [0.15, 0.2) is 0 Å².